The molecule has 0 saturated heterocycles. The molecule has 1 N–H and O–H groups in total. The van der Waals surface area contributed by atoms with E-state index in [-0.39, 0.29) is 0 Å². The van der Waals surface area contributed by atoms with Crippen LogP contribution in [0.15, 0.2) is 18.5 Å². The van der Waals surface area contributed by atoms with E-state index in [0.29, 0.717) is 6.54 Å². The fraction of sp³-hybridized carbons (Fsp3) is 0.600. The number of nitrogens with zero attached hydrogens (tertiary/aromatic N) is 1. The molecule has 0 aliphatic rings. The Hall–Kier alpha value is -0.970. The summed E-state index contributed by atoms with van der Waals surface area (Å²) in [5, 5.41) is 3.13. The van der Waals surface area contributed by atoms with Crippen LogP contribution in [0.2, 0.25) is 0 Å². The highest BCUT2D eigenvalue weighted by Crippen LogP contribution is 2.17. The van der Waals surface area contributed by atoms with E-state index in [2.05, 4.69) is 5.32 Å². The quantitative estimate of drug-likeness (QED) is 0.754. The Kier molecular flexibility index (Phi) is 4.20. The van der Waals surface area contributed by atoms with Gasteiger partial charge in [-0.3, -0.25) is 0 Å². The molecule has 0 radical (unpaired) electrons. The van der Waals surface area contributed by atoms with Crippen LogP contribution in [-0.4, -0.2) is 17.3 Å². The standard InChI is InChI=1S/C10H15F3N2/c1-2-4-14-6-9-3-5-15(7-9)8-10(11,12)13/h3,5,7,14H,2,4,6,8H2,1H3. The van der Waals surface area contributed by atoms with Crippen molar-refractivity contribution in [3.05, 3.63) is 24.0 Å². The van der Waals surface area contributed by atoms with Crippen molar-refractivity contribution in [1.29, 1.82) is 0 Å². The van der Waals surface area contributed by atoms with Crippen LogP contribution in [0.25, 0.3) is 0 Å². The van der Waals surface area contributed by atoms with Gasteiger partial charge >= 0.3 is 6.18 Å². The average molecular weight is 220 g/mol. The van der Waals surface area contributed by atoms with Gasteiger partial charge in [-0.1, -0.05) is 6.92 Å². The molecule has 1 rings (SSSR count). The summed E-state index contributed by atoms with van der Waals surface area (Å²) in [6.45, 7) is 2.63. The summed E-state index contributed by atoms with van der Waals surface area (Å²) in [6.07, 6.45) is -0.150. The number of hydrogen-bond donors (Lipinski definition) is 1. The van der Waals surface area contributed by atoms with Gasteiger partial charge in [0.05, 0.1) is 0 Å². The molecule has 0 aromatic carbocycles. The summed E-state index contributed by atoms with van der Waals surface area (Å²) < 4.78 is 37.2. The zero-order chi connectivity index (χ0) is 11.3. The van der Waals surface area contributed by atoms with Crippen molar-refractivity contribution in [3.8, 4) is 0 Å². The van der Waals surface area contributed by atoms with Gasteiger partial charge in [0.2, 0.25) is 0 Å². The summed E-state index contributed by atoms with van der Waals surface area (Å²) in [7, 11) is 0. The summed E-state index contributed by atoms with van der Waals surface area (Å²) >= 11 is 0. The second-order valence-electron chi connectivity index (χ2n) is 3.48. The molecule has 0 spiro atoms. The number of hydrogen-bond acceptors (Lipinski definition) is 1. The van der Waals surface area contributed by atoms with Crippen LogP contribution in [0.4, 0.5) is 13.2 Å². The second-order valence-corrected chi connectivity index (χ2v) is 3.48. The normalized spacial score (nSPS) is 12.0. The largest absolute Gasteiger partial charge is 0.406 e. The number of alkyl halides is 3. The Labute approximate surface area is 87.1 Å². The van der Waals surface area contributed by atoms with Crippen LogP contribution >= 0.6 is 0 Å². The first-order chi connectivity index (χ1) is 7.01. The Balaban J connectivity index is 2.42. The van der Waals surface area contributed by atoms with Crippen LogP contribution in [0.3, 0.4) is 0 Å². The van der Waals surface area contributed by atoms with Gasteiger partial charge in [-0.05, 0) is 24.6 Å². The first-order valence-electron chi connectivity index (χ1n) is 4.93. The van der Waals surface area contributed by atoms with Gasteiger partial charge < -0.3 is 9.88 Å². The zero-order valence-electron chi connectivity index (χ0n) is 8.64. The minimum Gasteiger partial charge on any atom is -0.345 e. The van der Waals surface area contributed by atoms with E-state index in [9.17, 15) is 13.2 Å². The average Bonchev–Trinajstić information content (AvgIpc) is 2.50. The maximum absolute atomic E-state index is 12.0. The van der Waals surface area contributed by atoms with Gasteiger partial charge in [-0.25, -0.2) is 0 Å². The predicted octanol–water partition coefficient (Wildman–Crippen LogP) is 2.55. The number of nitrogens with one attached hydrogen (secondary N) is 1. The molecule has 0 aliphatic heterocycles. The minimum atomic E-state index is -4.15. The van der Waals surface area contributed by atoms with Crippen molar-refractivity contribution in [2.75, 3.05) is 6.54 Å². The maximum Gasteiger partial charge on any atom is 0.406 e. The van der Waals surface area contributed by atoms with Crippen molar-refractivity contribution < 1.29 is 13.2 Å². The molecule has 0 atom stereocenters. The van der Waals surface area contributed by atoms with Crippen LogP contribution in [-0.2, 0) is 13.1 Å². The molecule has 0 unspecified atom stereocenters. The first kappa shape index (κ1) is 12.1. The van der Waals surface area contributed by atoms with E-state index in [0.717, 1.165) is 23.1 Å². The highest BCUT2D eigenvalue weighted by atomic mass is 19.4. The van der Waals surface area contributed by atoms with Gasteiger partial charge in [0.1, 0.15) is 6.54 Å². The minimum absolute atomic E-state index is 0.624. The summed E-state index contributed by atoms with van der Waals surface area (Å²) in [6, 6.07) is 1.70. The number of aromatic nitrogens is 1. The third kappa shape index (κ3) is 4.88. The van der Waals surface area contributed by atoms with Gasteiger partial charge in [-0.2, -0.15) is 13.2 Å². The van der Waals surface area contributed by atoms with Gasteiger partial charge in [0, 0.05) is 18.9 Å². The Bertz CT molecular complexity index is 291. The van der Waals surface area contributed by atoms with Crippen molar-refractivity contribution in [3.63, 3.8) is 0 Å². The van der Waals surface area contributed by atoms with Gasteiger partial charge in [-0.15, -0.1) is 0 Å². The molecule has 2 nitrogen and oxygen atoms in total. The van der Waals surface area contributed by atoms with E-state index in [4.69, 9.17) is 0 Å². The van der Waals surface area contributed by atoms with Crippen LogP contribution in [0.1, 0.15) is 18.9 Å². The molecule has 0 fully saturated rings. The van der Waals surface area contributed by atoms with E-state index in [1.807, 2.05) is 6.92 Å². The van der Waals surface area contributed by atoms with Crippen LogP contribution in [0.5, 0.6) is 0 Å². The lowest BCUT2D eigenvalue weighted by Crippen LogP contribution is -2.16. The van der Waals surface area contributed by atoms with Gasteiger partial charge in [0.15, 0.2) is 0 Å². The topological polar surface area (TPSA) is 17.0 Å². The first-order valence-corrected chi connectivity index (χ1v) is 4.93. The van der Waals surface area contributed by atoms with E-state index in [1.165, 1.54) is 12.4 Å². The van der Waals surface area contributed by atoms with Crippen molar-refractivity contribution in [2.24, 2.45) is 0 Å². The molecular formula is C10H15F3N2. The molecule has 1 aromatic rings. The molecule has 0 aliphatic carbocycles. The van der Waals surface area contributed by atoms with E-state index >= 15 is 0 Å². The monoisotopic (exact) mass is 220 g/mol. The number of rotatable bonds is 5. The Morgan fingerprint density at radius 2 is 2.13 bits per heavy atom. The Morgan fingerprint density at radius 1 is 1.40 bits per heavy atom. The van der Waals surface area contributed by atoms with Crippen molar-refractivity contribution in [1.82, 2.24) is 9.88 Å². The molecular weight excluding hydrogens is 205 g/mol. The van der Waals surface area contributed by atoms with E-state index < -0.39 is 12.7 Å². The smallest absolute Gasteiger partial charge is 0.345 e. The van der Waals surface area contributed by atoms with Crippen LogP contribution in [0, 0.1) is 0 Å². The SMILES string of the molecule is CCCNCc1ccn(CC(F)(F)F)c1. The van der Waals surface area contributed by atoms with E-state index in [1.54, 1.807) is 6.07 Å². The fourth-order valence-electron chi connectivity index (χ4n) is 1.31. The molecule has 86 valence electrons. The maximum atomic E-state index is 12.0. The van der Waals surface area contributed by atoms with Crippen molar-refractivity contribution >= 4 is 0 Å². The third-order valence-electron chi connectivity index (χ3n) is 1.93. The second kappa shape index (κ2) is 5.21. The highest BCUT2D eigenvalue weighted by Gasteiger charge is 2.27. The lowest BCUT2D eigenvalue weighted by Gasteiger charge is -2.06. The molecule has 1 aromatic heterocycles. The summed E-state index contributed by atoms with van der Waals surface area (Å²) in [5.41, 5.74) is 0.882. The highest BCUT2D eigenvalue weighted by molar-refractivity contribution is 5.10. The predicted molar refractivity (Wildman–Crippen MR) is 52.5 cm³/mol. The summed E-state index contributed by atoms with van der Waals surface area (Å²) in [4.78, 5) is 0. The fourth-order valence-corrected chi connectivity index (χ4v) is 1.31. The lowest BCUT2D eigenvalue weighted by molar-refractivity contribution is -0.140. The van der Waals surface area contributed by atoms with Crippen LogP contribution < -0.4 is 5.32 Å². The molecule has 1 heterocycles. The molecule has 0 bridgehead atoms. The van der Waals surface area contributed by atoms with Crippen molar-refractivity contribution in [2.45, 2.75) is 32.6 Å². The zero-order valence-corrected chi connectivity index (χ0v) is 8.64. The molecule has 0 amide bonds. The third-order valence-corrected chi connectivity index (χ3v) is 1.93. The molecule has 15 heavy (non-hydrogen) atoms. The Morgan fingerprint density at radius 3 is 2.73 bits per heavy atom. The molecule has 0 saturated carbocycles. The molecule has 5 heteroatoms. The number of halogens is 3. The summed E-state index contributed by atoms with van der Waals surface area (Å²) in [5.74, 6) is 0. The lowest BCUT2D eigenvalue weighted by atomic mass is 10.3. The van der Waals surface area contributed by atoms with Gasteiger partial charge in [0.25, 0.3) is 0 Å².